The molecule has 1 aromatic rings. The molecule has 0 saturated carbocycles. The van der Waals surface area contributed by atoms with Crippen LogP contribution in [-0.2, 0) is 15.8 Å². The Morgan fingerprint density at radius 3 is 2.45 bits per heavy atom. The lowest BCUT2D eigenvalue weighted by Gasteiger charge is -2.19. The van der Waals surface area contributed by atoms with Gasteiger partial charge in [-0.05, 0) is 5.92 Å². The Balaban J connectivity index is 2.94. The predicted molar refractivity (Wildman–Crippen MR) is 74.6 cm³/mol. The summed E-state index contributed by atoms with van der Waals surface area (Å²) in [5, 5.41) is 20.0. The van der Waals surface area contributed by atoms with Crippen molar-refractivity contribution in [3.63, 3.8) is 0 Å². The Labute approximate surface area is 117 Å². The van der Waals surface area contributed by atoms with E-state index in [1.165, 1.54) is 18.2 Å². The van der Waals surface area contributed by atoms with Crippen molar-refractivity contribution in [3.05, 3.63) is 39.9 Å². The van der Waals surface area contributed by atoms with Crippen molar-refractivity contribution in [2.75, 3.05) is 6.61 Å². The molecule has 112 valence electrons. The van der Waals surface area contributed by atoms with Crippen LogP contribution < -0.4 is 4.72 Å². The number of nitrogens with one attached hydrogen (secondary N) is 1. The predicted octanol–water partition coefficient (Wildman–Crippen LogP) is 1.03. The topological polar surface area (TPSA) is 110 Å². The van der Waals surface area contributed by atoms with E-state index in [2.05, 4.69) is 4.72 Å². The van der Waals surface area contributed by atoms with E-state index in [-0.39, 0.29) is 23.8 Å². The van der Waals surface area contributed by atoms with Gasteiger partial charge in [-0.2, -0.15) is 0 Å². The van der Waals surface area contributed by atoms with Crippen molar-refractivity contribution in [2.45, 2.75) is 25.6 Å². The minimum Gasteiger partial charge on any atom is -0.395 e. The summed E-state index contributed by atoms with van der Waals surface area (Å²) in [5.74, 6) is -0.576. The molecule has 0 radical (unpaired) electrons. The molecular weight excluding hydrogens is 284 g/mol. The van der Waals surface area contributed by atoms with Crippen LogP contribution in [0.2, 0.25) is 0 Å². The zero-order chi connectivity index (χ0) is 15.3. The molecule has 0 aromatic heterocycles. The number of aliphatic hydroxyl groups excluding tert-OH is 1. The van der Waals surface area contributed by atoms with E-state index < -0.39 is 26.7 Å². The van der Waals surface area contributed by atoms with Gasteiger partial charge >= 0.3 is 0 Å². The van der Waals surface area contributed by atoms with Crippen LogP contribution in [0.25, 0.3) is 0 Å². The number of aliphatic hydroxyl groups is 1. The fourth-order valence-corrected chi connectivity index (χ4v) is 3.22. The van der Waals surface area contributed by atoms with Gasteiger partial charge in [-0.25, -0.2) is 13.1 Å². The molecule has 20 heavy (non-hydrogen) atoms. The summed E-state index contributed by atoms with van der Waals surface area (Å²) in [4.78, 5) is 10.2. The second-order valence-corrected chi connectivity index (χ2v) is 6.55. The minimum atomic E-state index is -3.76. The number of nitro groups is 1. The molecular formula is C12H18N2O5S. The highest BCUT2D eigenvalue weighted by Gasteiger charge is 2.23. The molecule has 8 heteroatoms. The van der Waals surface area contributed by atoms with E-state index in [9.17, 15) is 18.5 Å². The van der Waals surface area contributed by atoms with Gasteiger partial charge in [-0.1, -0.05) is 32.0 Å². The third kappa shape index (κ3) is 4.55. The minimum absolute atomic E-state index is 0.0828. The molecule has 1 aromatic carbocycles. The van der Waals surface area contributed by atoms with E-state index >= 15 is 0 Å². The van der Waals surface area contributed by atoms with E-state index in [0.29, 0.717) is 0 Å². The largest absolute Gasteiger partial charge is 0.395 e. The first-order chi connectivity index (χ1) is 9.26. The SMILES string of the molecule is CC(C)[C@@H](CO)NS(=O)(=O)Cc1ccccc1[N+](=O)[O-]. The normalized spacial score (nSPS) is 13.4. The third-order valence-electron chi connectivity index (χ3n) is 2.87. The Hall–Kier alpha value is -1.51. The highest BCUT2D eigenvalue weighted by atomic mass is 32.2. The maximum Gasteiger partial charge on any atom is 0.273 e. The molecule has 0 heterocycles. The highest BCUT2D eigenvalue weighted by Crippen LogP contribution is 2.20. The lowest BCUT2D eigenvalue weighted by molar-refractivity contribution is -0.385. The molecule has 0 aliphatic carbocycles. The summed E-state index contributed by atoms with van der Waals surface area (Å²) >= 11 is 0. The molecule has 1 rings (SSSR count). The summed E-state index contributed by atoms with van der Waals surface area (Å²) < 4.78 is 26.4. The Morgan fingerprint density at radius 1 is 1.35 bits per heavy atom. The molecule has 0 aliphatic heterocycles. The van der Waals surface area contributed by atoms with E-state index in [1.807, 2.05) is 0 Å². The Morgan fingerprint density at radius 2 is 1.95 bits per heavy atom. The van der Waals surface area contributed by atoms with Crippen LogP contribution in [0.3, 0.4) is 0 Å². The van der Waals surface area contributed by atoms with Crippen molar-refractivity contribution < 1.29 is 18.4 Å². The van der Waals surface area contributed by atoms with Crippen molar-refractivity contribution >= 4 is 15.7 Å². The molecule has 1 atom stereocenters. The second-order valence-electron chi connectivity index (χ2n) is 4.80. The highest BCUT2D eigenvalue weighted by molar-refractivity contribution is 7.88. The zero-order valence-electron chi connectivity index (χ0n) is 11.3. The summed E-state index contributed by atoms with van der Waals surface area (Å²) in [6, 6.07) is 5.08. The van der Waals surface area contributed by atoms with Crippen LogP contribution in [0.5, 0.6) is 0 Å². The fraction of sp³-hybridized carbons (Fsp3) is 0.500. The summed E-state index contributed by atoms with van der Waals surface area (Å²) in [6.07, 6.45) is 0. The van der Waals surface area contributed by atoms with Gasteiger partial charge in [0, 0.05) is 17.7 Å². The number of sulfonamides is 1. The molecule has 7 nitrogen and oxygen atoms in total. The van der Waals surface area contributed by atoms with Gasteiger partial charge in [0.1, 0.15) is 0 Å². The summed E-state index contributed by atoms with van der Waals surface area (Å²) in [6.45, 7) is 3.22. The standard InChI is InChI=1S/C12H18N2O5S/c1-9(2)11(7-15)13-20(18,19)8-10-5-3-4-6-12(10)14(16)17/h3-6,9,11,13,15H,7-8H2,1-2H3/t11-/m1/s1. The van der Waals surface area contributed by atoms with Crippen molar-refractivity contribution in [2.24, 2.45) is 5.92 Å². The van der Waals surface area contributed by atoms with Crippen LogP contribution in [0.1, 0.15) is 19.4 Å². The first kappa shape index (κ1) is 16.5. The quantitative estimate of drug-likeness (QED) is 0.577. The lowest BCUT2D eigenvalue weighted by atomic mass is 10.1. The van der Waals surface area contributed by atoms with Gasteiger partial charge in [0.15, 0.2) is 0 Å². The molecule has 0 amide bonds. The summed E-state index contributed by atoms with van der Waals surface area (Å²) in [5.41, 5.74) is -0.117. The van der Waals surface area contributed by atoms with E-state index in [1.54, 1.807) is 19.9 Å². The van der Waals surface area contributed by atoms with Crippen LogP contribution >= 0.6 is 0 Å². The molecule has 0 unspecified atom stereocenters. The Bertz CT molecular complexity index is 571. The molecule has 0 fully saturated rings. The van der Waals surface area contributed by atoms with E-state index in [0.717, 1.165) is 0 Å². The third-order valence-corrected chi connectivity index (χ3v) is 4.22. The first-order valence-corrected chi connectivity index (χ1v) is 7.75. The number of hydrogen-bond acceptors (Lipinski definition) is 5. The fourth-order valence-electron chi connectivity index (χ4n) is 1.67. The number of para-hydroxylation sites is 1. The number of hydrogen-bond donors (Lipinski definition) is 2. The van der Waals surface area contributed by atoms with Gasteiger partial charge < -0.3 is 5.11 Å². The molecule has 0 bridgehead atoms. The Kier molecular flexibility index (Phi) is 5.61. The monoisotopic (exact) mass is 302 g/mol. The average Bonchev–Trinajstić information content (AvgIpc) is 2.35. The summed E-state index contributed by atoms with van der Waals surface area (Å²) in [7, 11) is -3.76. The van der Waals surface area contributed by atoms with Crippen LogP contribution in [0.4, 0.5) is 5.69 Å². The van der Waals surface area contributed by atoms with Crippen LogP contribution in [0.15, 0.2) is 24.3 Å². The maximum absolute atomic E-state index is 12.0. The van der Waals surface area contributed by atoms with E-state index in [4.69, 9.17) is 5.11 Å². The van der Waals surface area contributed by atoms with Gasteiger partial charge in [0.25, 0.3) is 5.69 Å². The lowest BCUT2D eigenvalue weighted by Crippen LogP contribution is -2.41. The molecule has 0 saturated heterocycles. The zero-order valence-corrected chi connectivity index (χ0v) is 12.1. The smallest absolute Gasteiger partial charge is 0.273 e. The maximum atomic E-state index is 12.0. The second kappa shape index (κ2) is 6.78. The van der Waals surface area contributed by atoms with Gasteiger partial charge in [0.2, 0.25) is 10.0 Å². The van der Waals surface area contributed by atoms with Crippen LogP contribution in [-0.4, -0.2) is 31.1 Å². The molecule has 2 N–H and O–H groups in total. The molecule has 0 aliphatic rings. The van der Waals surface area contributed by atoms with Crippen molar-refractivity contribution in [3.8, 4) is 0 Å². The van der Waals surface area contributed by atoms with Gasteiger partial charge in [-0.3, -0.25) is 10.1 Å². The first-order valence-electron chi connectivity index (χ1n) is 6.10. The number of benzene rings is 1. The van der Waals surface area contributed by atoms with Crippen LogP contribution in [0, 0.1) is 16.0 Å². The van der Waals surface area contributed by atoms with Crippen molar-refractivity contribution in [1.29, 1.82) is 0 Å². The number of nitrogens with zero attached hydrogens (tertiary/aromatic N) is 1. The van der Waals surface area contributed by atoms with Gasteiger partial charge in [-0.15, -0.1) is 0 Å². The van der Waals surface area contributed by atoms with Crippen molar-refractivity contribution in [1.82, 2.24) is 4.72 Å². The molecule has 0 spiro atoms. The average molecular weight is 302 g/mol. The number of nitro benzene ring substituents is 1. The van der Waals surface area contributed by atoms with Gasteiger partial charge in [0.05, 0.1) is 17.3 Å². The number of rotatable bonds is 7.